The van der Waals surface area contributed by atoms with Crippen molar-refractivity contribution in [3.05, 3.63) is 66.4 Å². The number of carbonyl (C=O) groups is 2. The molecule has 5 heterocycles. The van der Waals surface area contributed by atoms with Gasteiger partial charge in [0.15, 0.2) is 0 Å². The van der Waals surface area contributed by atoms with Crippen LogP contribution in [0.3, 0.4) is 0 Å². The van der Waals surface area contributed by atoms with Crippen LogP contribution in [0.4, 0.5) is 13.2 Å². The van der Waals surface area contributed by atoms with Gasteiger partial charge in [-0.15, -0.1) is 0 Å². The number of likely N-dealkylation sites (tertiary alicyclic amines) is 1. The van der Waals surface area contributed by atoms with E-state index in [0.717, 1.165) is 24.1 Å². The average molecular weight is 492 g/mol. The van der Waals surface area contributed by atoms with Crippen LogP contribution in [0.25, 0.3) is 5.65 Å². The van der Waals surface area contributed by atoms with Gasteiger partial charge in [0.1, 0.15) is 16.9 Å². The molecule has 0 radical (unpaired) electrons. The summed E-state index contributed by atoms with van der Waals surface area (Å²) in [5.41, 5.74) is 2.21. The summed E-state index contributed by atoms with van der Waals surface area (Å²) in [4.78, 5) is 32.0. The highest BCUT2D eigenvalue weighted by atomic mass is 19.4. The summed E-state index contributed by atoms with van der Waals surface area (Å²) in [6, 6.07) is 9.64. The topological polar surface area (TPSA) is 106 Å². The summed E-state index contributed by atoms with van der Waals surface area (Å²) >= 11 is 0. The number of aliphatic carboxylic acids is 1. The van der Waals surface area contributed by atoms with E-state index in [4.69, 9.17) is 19.4 Å². The molecule has 35 heavy (non-hydrogen) atoms. The Morgan fingerprint density at radius 2 is 1.91 bits per heavy atom. The zero-order valence-corrected chi connectivity index (χ0v) is 18.5. The number of carboxylic acid groups (broad SMARTS) is 1. The minimum atomic E-state index is -5.08. The molecule has 1 atom stereocenters. The summed E-state index contributed by atoms with van der Waals surface area (Å²) in [5, 5.41) is 7.12. The van der Waals surface area contributed by atoms with Crippen molar-refractivity contribution in [2.75, 3.05) is 19.7 Å². The van der Waals surface area contributed by atoms with Crippen LogP contribution >= 0.6 is 0 Å². The fraction of sp³-hybridized carbons (Fsp3) is 0.391. The third kappa shape index (κ3) is 5.77. The van der Waals surface area contributed by atoms with Crippen LogP contribution in [-0.4, -0.2) is 73.8 Å². The van der Waals surface area contributed by atoms with Crippen LogP contribution in [0, 0.1) is 0 Å². The SMILES string of the molecule is O=C(O)C(F)(F)F.O=C(c1cnc2ccccn12)N1CC2(CC(OCc3ccncc3)CCO2)C1. The highest BCUT2D eigenvalue weighted by Crippen LogP contribution is 2.36. The molecule has 0 aliphatic carbocycles. The molecule has 1 unspecified atom stereocenters. The van der Waals surface area contributed by atoms with Crippen molar-refractivity contribution in [2.45, 2.75) is 37.3 Å². The number of hydrogen-bond acceptors (Lipinski definition) is 6. The van der Waals surface area contributed by atoms with Crippen molar-refractivity contribution < 1.29 is 37.3 Å². The molecule has 1 amide bonds. The number of fused-ring (bicyclic) bond motifs is 1. The van der Waals surface area contributed by atoms with E-state index >= 15 is 0 Å². The predicted molar refractivity (Wildman–Crippen MR) is 116 cm³/mol. The molecule has 186 valence electrons. The third-order valence-electron chi connectivity index (χ3n) is 5.81. The van der Waals surface area contributed by atoms with Gasteiger partial charge in [-0.3, -0.25) is 14.2 Å². The van der Waals surface area contributed by atoms with Gasteiger partial charge in [-0.1, -0.05) is 6.07 Å². The highest BCUT2D eigenvalue weighted by Gasteiger charge is 2.50. The first-order valence-corrected chi connectivity index (χ1v) is 10.8. The minimum absolute atomic E-state index is 0.00671. The Hall–Kier alpha value is -3.51. The smallest absolute Gasteiger partial charge is 0.475 e. The summed E-state index contributed by atoms with van der Waals surface area (Å²) in [6.45, 7) is 2.44. The highest BCUT2D eigenvalue weighted by molar-refractivity contribution is 5.94. The van der Waals surface area contributed by atoms with E-state index in [9.17, 15) is 18.0 Å². The standard InChI is InChI=1S/C21H22N4O3.C2HF3O2/c26-20(18-12-23-19-3-1-2-9-25(18)19)24-14-21(15-24)11-17(6-10-28-21)27-13-16-4-7-22-8-5-16;3-2(4,5)1(6)7/h1-5,7-9,12,17H,6,10-11,13-15H2;(H,6,7). The Morgan fingerprint density at radius 1 is 1.20 bits per heavy atom. The Labute approximate surface area is 198 Å². The van der Waals surface area contributed by atoms with E-state index in [0.29, 0.717) is 32.0 Å². The van der Waals surface area contributed by atoms with Crippen LogP contribution < -0.4 is 0 Å². The van der Waals surface area contributed by atoms with E-state index in [-0.39, 0.29) is 17.6 Å². The number of carboxylic acids is 1. The lowest BCUT2D eigenvalue weighted by atomic mass is 9.84. The van der Waals surface area contributed by atoms with Crippen molar-refractivity contribution >= 4 is 17.5 Å². The summed E-state index contributed by atoms with van der Waals surface area (Å²) in [7, 11) is 0. The second-order valence-corrected chi connectivity index (χ2v) is 8.35. The molecule has 1 spiro atoms. The molecule has 2 aliphatic rings. The van der Waals surface area contributed by atoms with E-state index in [2.05, 4.69) is 9.97 Å². The number of alkyl halides is 3. The molecule has 3 aromatic rings. The zero-order chi connectivity index (χ0) is 25.1. The van der Waals surface area contributed by atoms with Crippen LogP contribution in [0.1, 0.15) is 28.9 Å². The maximum Gasteiger partial charge on any atom is 0.490 e. The molecule has 0 bridgehead atoms. The molecular formula is C23H23F3N4O5. The first-order valence-electron chi connectivity index (χ1n) is 10.8. The number of hydrogen-bond donors (Lipinski definition) is 1. The molecule has 12 heteroatoms. The maximum atomic E-state index is 12.9. The zero-order valence-electron chi connectivity index (χ0n) is 18.5. The molecule has 0 saturated carbocycles. The number of rotatable bonds is 4. The summed E-state index contributed by atoms with van der Waals surface area (Å²) in [6.07, 6.45) is 3.83. The van der Waals surface area contributed by atoms with Gasteiger partial charge in [0.25, 0.3) is 5.91 Å². The number of halogens is 3. The Kier molecular flexibility index (Phi) is 7.03. The predicted octanol–water partition coefficient (Wildman–Crippen LogP) is 2.95. The monoisotopic (exact) mass is 492 g/mol. The fourth-order valence-electron chi connectivity index (χ4n) is 4.08. The largest absolute Gasteiger partial charge is 0.490 e. The number of aromatic nitrogens is 3. The number of ether oxygens (including phenoxy) is 2. The van der Waals surface area contributed by atoms with Crippen LogP contribution in [0.2, 0.25) is 0 Å². The van der Waals surface area contributed by atoms with E-state index < -0.39 is 12.1 Å². The van der Waals surface area contributed by atoms with Gasteiger partial charge < -0.3 is 19.5 Å². The summed E-state index contributed by atoms with van der Waals surface area (Å²) < 4.78 is 45.7. The van der Waals surface area contributed by atoms with Crippen molar-refractivity contribution in [2.24, 2.45) is 0 Å². The van der Waals surface area contributed by atoms with Gasteiger partial charge in [0, 0.05) is 31.6 Å². The van der Waals surface area contributed by atoms with Crippen molar-refractivity contribution in [1.29, 1.82) is 0 Å². The molecular weight excluding hydrogens is 469 g/mol. The quantitative estimate of drug-likeness (QED) is 0.597. The molecule has 2 saturated heterocycles. The third-order valence-corrected chi connectivity index (χ3v) is 5.81. The second kappa shape index (κ2) is 10.0. The lowest BCUT2D eigenvalue weighted by Crippen LogP contribution is -2.67. The van der Waals surface area contributed by atoms with Crippen LogP contribution in [0.5, 0.6) is 0 Å². The first-order chi connectivity index (χ1) is 16.7. The van der Waals surface area contributed by atoms with Crippen molar-refractivity contribution in [1.82, 2.24) is 19.3 Å². The van der Waals surface area contributed by atoms with E-state index in [1.165, 1.54) is 0 Å². The fourth-order valence-corrected chi connectivity index (χ4v) is 4.08. The van der Waals surface area contributed by atoms with Gasteiger partial charge in [0.2, 0.25) is 0 Å². The molecule has 5 rings (SSSR count). The van der Waals surface area contributed by atoms with Gasteiger partial charge in [0.05, 0.1) is 32.0 Å². The van der Waals surface area contributed by atoms with Crippen molar-refractivity contribution in [3.63, 3.8) is 0 Å². The summed E-state index contributed by atoms with van der Waals surface area (Å²) in [5.74, 6) is -2.76. The van der Waals surface area contributed by atoms with Gasteiger partial charge >= 0.3 is 12.1 Å². The molecule has 3 aromatic heterocycles. The molecule has 2 fully saturated rings. The Bertz CT molecular complexity index is 1180. The molecule has 2 aliphatic heterocycles. The Morgan fingerprint density at radius 3 is 2.60 bits per heavy atom. The lowest BCUT2D eigenvalue weighted by molar-refractivity contribution is -0.192. The second-order valence-electron chi connectivity index (χ2n) is 8.35. The Balaban J connectivity index is 0.000000364. The number of carbonyl (C=O) groups excluding carboxylic acids is 1. The van der Waals surface area contributed by atoms with Gasteiger partial charge in [-0.25, -0.2) is 9.78 Å². The van der Waals surface area contributed by atoms with E-state index in [1.54, 1.807) is 18.6 Å². The number of pyridine rings is 2. The molecule has 9 nitrogen and oxygen atoms in total. The number of amides is 1. The lowest BCUT2D eigenvalue weighted by Gasteiger charge is -2.52. The van der Waals surface area contributed by atoms with Crippen LogP contribution in [-0.2, 0) is 20.9 Å². The maximum absolute atomic E-state index is 12.9. The minimum Gasteiger partial charge on any atom is -0.475 e. The van der Waals surface area contributed by atoms with Crippen LogP contribution in [0.15, 0.2) is 55.1 Å². The van der Waals surface area contributed by atoms with E-state index in [1.807, 2.05) is 45.8 Å². The van der Waals surface area contributed by atoms with Gasteiger partial charge in [-0.2, -0.15) is 13.2 Å². The molecule has 1 N–H and O–H groups in total. The number of imidazole rings is 1. The number of nitrogens with zero attached hydrogens (tertiary/aromatic N) is 4. The first kappa shape index (κ1) is 24.6. The molecule has 0 aromatic carbocycles. The average Bonchev–Trinajstić information content (AvgIpc) is 3.26. The van der Waals surface area contributed by atoms with Crippen molar-refractivity contribution in [3.8, 4) is 0 Å². The van der Waals surface area contributed by atoms with Gasteiger partial charge in [-0.05, 0) is 36.2 Å². The normalized spacial score (nSPS) is 19.1.